The van der Waals surface area contributed by atoms with Gasteiger partial charge in [-0.3, -0.25) is 19.3 Å². The van der Waals surface area contributed by atoms with Crippen LogP contribution in [0.2, 0.25) is 4.34 Å². The third kappa shape index (κ3) is 5.42. The molecule has 0 unspecified atom stereocenters. The topological polar surface area (TPSA) is 107 Å². The van der Waals surface area contributed by atoms with E-state index >= 15 is 0 Å². The predicted octanol–water partition coefficient (Wildman–Crippen LogP) is 5.83. The van der Waals surface area contributed by atoms with E-state index in [0.717, 1.165) is 37.0 Å². The Morgan fingerprint density at radius 3 is 2.33 bits per heavy atom. The largest absolute Gasteiger partial charge is 0.465 e. The maximum Gasteiger partial charge on any atom is 0.407 e. The fourth-order valence-corrected chi connectivity index (χ4v) is 5.91. The molecule has 192 valence electrons. The third-order valence-corrected chi connectivity index (χ3v) is 8.16. The zero-order valence-corrected chi connectivity index (χ0v) is 22.1. The molecule has 4 rings (SSSR count). The fourth-order valence-electron chi connectivity index (χ4n) is 4.98. The van der Waals surface area contributed by atoms with Gasteiger partial charge in [0.25, 0.3) is 17.7 Å². The second-order valence-electron chi connectivity index (χ2n) is 10.5. The van der Waals surface area contributed by atoms with E-state index in [1.807, 2.05) is 20.8 Å². The highest BCUT2D eigenvalue weighted by molar-refractivity contribution is 7.18. The molecule has 1 aromatic carbocycles. The number of thiophene rings is 1. The molecule has 2 heterocycles. The molecule has 10 heteroatoms. The number of benzene rings is 1. The molecule has 8 nitrogen and oxygen atoms in total. The summed E-state index contributed by atoms with van der Waals surface area (Å²) in [7, 11) is 0. The van der Waals surface area contributed by atoms with Gasteiger partial charge in [0.15, 0.2) is 0 Å². The van der Waals surface area contributed by atoms with Crippen molar-refractivity contribution < 1.29 is 24.3 Å². The van der Waals surface area contributed by atoms with Gasteiger partial charge in [-0.25, -0.2) is 4.79 Å². The van der Waals surface area contributed by atoms with Crippen LogP contribution < -0.4 is 5.32 Å². The van der Waals surface area contributed by atoms with Crippen molar-refractivity contribution >= 4 is 52.4 Å². The molecule has 2 N–H and O–H groups in total. The number of imide groups is 1. The SMILES string of the molecule is CC(C)(C)N(C[C@H]1CC[C@H](CN2C(=O)c3cccc(NC(=O)c4ccc(Cl)s4)c3C2=O)CC1)C(=O)O. The molecule has 0 radical (unpaired) electrons. The molecule has 4 amide bonds. The van der Waals surface area contributed by atoms with Crippen LogP contribution in [0.1, 0.15) is 76.8 Å². The number of nitrogens with one attached hydrogen (secondary N) is 1. The van der Waals surface area contributed by atoms with Crippen molar-refractivity contribution in [2.24, 2.45) is 11.8 Å². The first-order valence-electron chi connectivity index (χ1n) is 12.0. The molecular weight excluding hydrogens is 502 g/mol. The number of amides is 4. The first kappa shape index (κ1) is 26.2. The smallest absolute Gasteiger partial charge is 0.407 e. The molecule has 2 aromatic rings. The first-order chi connectivity index (χ1) is 17.0. The van der Waals surface area contributed by atoms with Crippen molar-refractivity contribution in [1.82, 2.24) is 9.80 Å². The Morgan fingerprint density at radius 1 is 1.08 bits per heavy atom. The molecular formula is C26H30ClN3O5S. The van der Waals surface area contributed by atoms with E-state index in [9.17, 15) is 24.3 Å². The van der Waals surface area contributed by atoms with Crippen molar-refractivity contribution in [2.75, 3.05) is 18.4 Å². The summed E-state index contributed by atoms with van der Waals surface area (Å²) in [4.78, 5) is 53.9. The molecule has 1 fully saturated rings. The van der Waals surface area contributed by atoms with Gasteiger partial charge in [0.1, 0.15) is 0 Å². The summed E-state index contributed by atoms with van der Waals surface area (Å²) < 4.78 is 0.486. The average molecular weight is 532 g/mol. The van der Waals surface area contributed by atoms with Gasteiger partial charge in [-0.2, -0.15) is 0 Å². The number of carboxylic acid groups (broad SMARTS) is 1. The summed E-state index contributed by atoms with van der Waals surface area (Å²) in [5, 5.41) is 12.3. The zero-order valence-electron chi connectivity index (χ0n) is 20.5. The molecule has 1 aliphatic carbocycles. The van der Waals surface area contributed by atoms with E-state index in [4.69, 9.17) is 11.6 Å². The van der Waals surface area contributed by atoms with Crippen LogP contribution in [0.4, 0.5) is 10.5 Å². The van der Waals surface area contributed by atoms with Crippen LogP contribution in [0.5, 0.6) is 0 Å². The second kappa shape index (κ2) is 10.2. The van der Waals surface area contributed by atoms with Crippen molar-refractivity contribution in [3.05, 3.63) is 50.7 Å². The van der Waals surface area contributed by atoms with Crippen LogP contribution in [-0.4, -0.2) is 57.3 Å². The molecule has 36 heavy (non-hydrogen) atoms. The number of anilines is 1. The van der Waals surface area contributed by atoms with Crippen molar-refractivity contribution in [3.8, 4) is 0 Å². The number of carbonyl (C=O) groups excluding carboxylic acids is 3. The third-order valence-electron chi connectivity index (χ3n) is 6.93. The van der Waals surface area contributed by atoms with E-state index < -0.39 is 17.5 Å². The van der Waals surface area contributed by atoms with Gasteiger partial charge in [-0.15, -0.1) is 11.3 Å². The van der Waals surface area contributed by atoms with E-state index in [2.05, 4.69) is 5.32 Å². The average Bonchev–Trinajstić information content (AvgIpc) is 3.35. The fraction of sp³-hybridized carbons (Fsp3) is 0.462. The quantitative estimate of drug-likeness (QED) is 0.456. The number of nitrogens with zero attached hydrogens (tertiary/aromatic N) is 2. The van der Waals surface area contributed by atoms with Crippen LogP contribution >= 0.6 is 22.9 Å². The maximum atomic E-state index is 13.3. The Kier molecular flexibility index (Phi) is 7.43. The van der Waals surface area contributed by atoms with Crippen molar-refractivity contribution in [2.45, 2.75) is 52.0 Å². The monoisotopic (exact) mass is 531 g/mol. The number of carbonyl (C=O) groups is 4. The highest BCUT2D eigenvalue weighted by Gasteiger charge is 2.40. The maximum absolute atomic E-state index is 13.3. The lowest BCUT2D eigenvalue weighted by molar-refractivity contribution is 0.0580. The Morgan fingerprint density at radius 2 is 1.75 bits per heavy atom. The molecule has 0 bridgehead atoms. The Balaban J connectivity index is 1.40. The van der Waals surface area contributed by atoms with Gasteiger partial charge in [0.05, 0.1) is 26.0 Å². The van der Waals surface area contributed by atoms with Gasteiger partial charge >= 0.3 is 6.09 Å². The van der Waals surface area contributed by atoms with Gasteiger partial charge in [0.2, 0.25) is 0 Å². The lowest BCUT2D eigenvalue weighted by Crippen LogP contribution is -2.48. The Bertz CT molecular complexity index is 1200. The molecule has 1 aliphatic heterocycles. The number of fused-ring (bicyclic) bond motifs is 1. The van der Waals surface area contributed by atoms with Crippen LogP contribution in [0.25, 0.3) is 0 Å². The van der Waals surface area contributed by atoms with E-state index in [-0.39, 0.29) is 34.8 Å². The molecule has 2 aliphatic rings. The minimum Gasteiger partial charge on any atom is -0.465 e. The van der Waals surface area contributed by atoms with Crippen LogP contribution in [-0.2, 0) is 0 Å². The first-order valence-corrected chi connectivity index (χ1v) is 13.2. The summed E-state index contributed by atoms with van der Waals surface area (Å²) >= 11 is 7.06. The normalized spacial score (nSPS) is 19.8. The predicted molar refractivity (Wildman–Crippen MR) is 139 cm³/mol. The minimum atomic E-state index is -0.916. The van der Waals surface area contributed by atoms with Gasteiger partial charge in [0, 0.05) is 18.6 Å². The molecule has 1 saturated carbocycles. The van der Waals surface area contributed by atoms with Crippen LogP contribution in [0.3, 0.4) is 0 Å². The number of rotatable bonds is 6. The van der Waals surface area contributed by atoms with E-state index in [1.54, 1.807) is 30.3 Å². The summed E-state index contributed by atoms with van der Waals surface area (Å²) in [5.74, 6) is -0.726. The lowest BCUT2D eigenvalue weighted by Gasteiger charge is -2.38. The van der Waals surface area contributed by atoms with E-state index in [0.29, 0.717) is 28.0 Å². The van der Waals surface area contributed by atoms with Crippen molar-refractivity contribution in [3.63, 3.8) is 0 Å². The van der Waals surface area contributed by atoms with Gasteiger partial charge < -0.3 is 15.3 Å². The lowest BCUT2D eigenvalue weighted by atomic mass is 9.81. The highest BCUT2D eigenvalue weighted by atomic mass is 35.5. The van der Waals surface area contributed by atoms with Crippen LogP contribution in [0.15, 0.2) is 30.3 Å². The highest BCUT2D eigenvalue weighted by Crippen LogP contribution is 2.35. The summed E-state index contributed by atoms with van der Waals surface area (Å²) in [6, 6.07) is 8.12. The number of hydrogen-bond donors (Lipinski definition) is 2. The minimum absolute atomic E-state index is 0.155. The molecule has 0 atom stereocenters. The zero-order chi connectivity index (χ0) is 26.2. The van der Waals surface area contributed by atoms with Crippen LogP contribution in [0, 0.1) is 11.8 Å². The number of hydrogen-bond acceptors (Lipinski definition) is 5. The molecule has 0 saturated heterocycles. The summed E-state index contributed by atoms with van der Waals surface area (Å²) in [6.07, 6.45) is 2.41. The molecule has 1 aromatic heterocycles. The number of halogens is 1. The summed E-state index contributed by atoms with van der Waals surface area (Å²) in [6.45, 7) is 6.47. The Labute approximate surface area is 219 Å². The standard InChI is InChI=1S/C26H30ClN3O5S/c1-26(2,3)30(25(34)35)14-16-9-7-15(8-10-16)13-29-23(32)17-5-4-6-18(21(17)24(29)33)28-22(31)19-11-12-20(27)36-19/h4-6,11-12,15-16H,7-10,13-14H2,1-3H3,(H,28,31)(H,34,35)/t15-,16-. The molecule has 0 spiro atoms. The van der Waals surface area contributed by atoms with Crippen molar-refractivity contribution in [1.29, 1.82) is 0 Å². The van der Waals surface area contributed by atoms with E-state index in [1.165, 1.54) is 9.80 Å². The van der Waals surface area contributed by atoms with Gasteiger partial charge in [-0.1, -0.05) is 17.7 Å². The second-order valence-corrected chi connectivity index (χ2v) is 12.2. The Hall–Kier alpha value is -2.91. The summed E-state index contributed by atoms with van der Waals surface area (Å²) in [5.41, 5.74) is 0.348. The van der Waals surface area contributed by atoms with Gasteiger partial charge in [-0.05, 0) is 82.6 Å².